The number of hydrogen-bond donors (Lipinski definition) is 1. The third kappa shape index (κ3) is 6.13. The number of carbonyl (C=O) groups excluding carboxylic acids is 2. The van der Waals surface area contributed by atoms with E-state index in [4.69, 9.17) is 15.2 Å². The molecule has 0 bridgehead atoms. The van der Waals surface area contributed by atoms with E-state index < -0.39 is 11.7 Å². The van der Waals surface area contributed by atoms with Crippen molar-refractivity contribution in [1.82, 2.24) is 0 Å². The van der Waals surface area contributed by atoms with Crippen LogP contribution in [-0.2, 0) is 14.3 Å². The van der Waals surface area contributed by atoms with Gasteiger partial charge in [0.15, 0.2) is 0 Å². The van der Waals surface area contributed by atoms with Crippen LogP contribution in [-0.4, -0.2) is 30.3 Å². The fraction of sp³-hybridized carbons (Fsp3) is 0.800. The van der Waals surface area contributed by atoms with Crippen molar-refractivity contribution >= 4 is 12.1 Å². The monoisotopic (exact) mass is 297 g/mol. The Kier molecular flexibility index (Phi) is 6.16. The van der Waals surface area contributed by atoms with Crippen LogP contribution >= 0.6 is 0 Å². The molecule has 3 atom stereocenters. The molecule has 1 aliphatic carbocycles. The number of carbonyl (C=O) groups is 2. The normalized spacial score (nSPS) is 25.5. The van der Waals surface area contributed by atoms with E-state index in [1.54, 1.807) is 27.7 Å². The van der Waals surface area contributed by atoms with Gasteiger partial charge in [-0.1, -0.05) is 0 Å². The molecule has 2 N–H and O–H groups in total. The molecule has 0 heterocycles. The maximum atomic E-state index is 11.8. The van der Waals surface area contributed by atoms with Gasteiger partial charge in [0.2, 0.25) is 0 Å². The van der Waals surface area contributed by atoms with Crippen LogP contribution in [0.5, 0.6) is 0 Å². The average Bonchev–Trinajstić information content (AvgIpc) is 2.36. The molecular weight excluding hydrogens is 272 g/mol. The predicted molar refractivity (Wildman–Crippen MR) is 78.9 cm³/mol. The van der Waals surface area contributed by atoms with Crippen LogP contribution in [0.4, 0.5) is 4.79 Å². The van der Waals surface area contributed by atoms with Crippen molar-refractivity contribution in [2.75, 3.05) is 6.61 Å². The van der Waals surface area contributed by atoms with Crippen molar-refractivity contribution in [3.8, 4) is 6.07 Å². The minimum absolute atomic E-state index is 0.151. The lowest BCUT2D eigenvalue weighted by Gasteiger charge is -2.27. The van der Waals surface area contributed by atoms with Gasteiger partial charge in [-0.05, 0) is 47.0 Å². The standard InChI is InChI=1S/C15H25N2O4/c1-5-20-13(18)10-6-7-12(16)11(8-10)9-17-14(19)21-15(2,3)4/h10-12H,5-8,16H2,1-4H3/q+1/t10-,11?,12-/m0/s1. The molecule has 21 heavy (non-hydrogen) atoms. The Morgan fingerprint density at radius 3 is 2.57 bits per heavy atom. The molecule has 118 valence electrons. The van der Waals surface area contributed by atoms with Gasteiger partial charge in [0, 0.05) is 6.04 Å². The maximum Gasteiger partial charge on any atom is 0.728 e. The number of nitrogens with zero attached hydrogens (tertiary/aromatic N) is 1. The molecule has 1 fully saturated rings. The maximum absolute atomic E-state index is 11.8. The average molecular weight is 297 g/mol. The van der Waals surface area contributed by atoms with Crippen molar-refractivity contribution in [3.05, 3.63) is 4.85 Å². The van der Waals surface area contributed by atoms with Crippen molar-refractivity contribution in [2.24, 2.45) is 17.6 Å². The molecule has 1 saturated carbocycles. The lowest BCUT2D eigenvalue weighted by molar-refractivity contribution is -0.149. The highest BCUT2D eigenvalue weighted by Crippen LogP contribution is 2.29. The Morgan fingerprint density at radius 1 is 1.33 bits per heavy atom. The minimum atomic E-state index is -0.687. The van der Waals surface area contributed by atoms with E-state index in [9.17, 15) is 9.59 Å². The number of hydrogen-bond acceptors (Lipinski definition) is 5. The third-order valence-electron chi connectivity index (χ3n) is 3.24. The summed E-state index contributed by atoms with van der Waals surface area (Å²) in [7, 11) is 0. The first-order valence-corrected chi connectivity index (χ1v) is 7.34. The van der Waals surface area contributed by atoms with Gasteiger partial charge in [-0.2, -0.15) is 4.79 Å². The van der Waals surface area contributed by atoms with E-state index in [2.05, 4.69) is 10.9 Å². The highest BCUT2D eigenvalue weighted by Gasteiger charge is 2.35. The Labute approximate surface area is 125 Å². The second kappa shape index (κ2) is 7.41. The van der Waals surface area contributed by atoms with Crippen molar-refractivity contribution in [2.45, 2.75) is 58.6 Å². The Morgan fingerprint density at radius 2 is 2.00 bits per heavy atom. The quantitative estimate of drug-likeness (QED) is 0.792. The van der Waals surface area contributed by atoms with Crippen LogP contribution in [0.15, 0.2) is 0 Å². The zero-order valence-electron chi connectivity index (χ0n) is 13.2. The molecule has 0 radical (unpaired) electrons. The summed E-state index contributed by atoms with van der Waals surface area (Å²) < 4.78 is 10.1. The van der Waals surface area contributed by atoms with E-state index in [1.165, 1.54) is 0 Å². The van der Waals surface area contributed by atoms with Crippen molar-refractivity contribution in [1.29, 1.82) is 0 Å². The molecule has 0 saturated heterocycles. The van der Waals surface area contributed by atoms with Gasteiger partial charge in [-0.15, -0.1) is 0 Å². The smallest absolute Gasteiger partial charge is 0.466 e. The SMILES string of the molecule is CCOC(=O)[C@H]1CC[C@H](N)C(C#[N+]C(=O)OC(C)(C)C)C1. The fourth-order valence-electron chi connectivity index (χ4n) is 2.24. The number of ether oxygens (including phenoxy) is 2. The first kappa shape index (κ1) is 17.4. The zero-order chi connectivity index (χ0) is 16.0. The topological polar surface area (TPSA) is 83.0 Å². The predicted octanol–water partition coefficient (Wildman–Crippen LogP) is 2.56. The first-order chi connectivity index (χ1) is 9.73. The molecule has 0 aromatic rings. The summed E-state index contributed by atoms with van der Waals surface area (Å²) in [5.74, 6) is -0.648. The van der Waals surface area contributed by atoms with E-state index in [0.717, 1.165) is 0 Å². The number of nitrogens with two attached hydrogens (primary N) is 1. The summed E-state index contributed by atoms with van der Waals surface area (Å²) in [6.07, 6.45) is 1.20. The first-order valence-electron chi connectivity index (χ1n) is 7.34. The molecule has 6 nitrogen and oxygen atoms in total. The largest absolute Gasteiger partial charge is 0.728 e. The third-order valence-corrected chi connectivity index (χ3v) is 3.24. The molecule has 0 spiro atoms. The van der Waals surface area contributed by atoms with Crippen LogP contribution < -0.4 is 5.73 Å². The summed E-state index contributed by atoms with van der Waals surface area (Å²) in [5, 5.41) is 0. The summed E-state index contributed by atoms with van der Waals surface area (Å²) in [4.78, 5) is 27.0. The van der Waals surface area contributed by atoms with Crippen molar-refractivity contribution < 1.29 is 19.1 Å². The lowest BCUT2D eigenvalue weighted by atomic mass is 9.79. The Balaban J connectivity index is 2.64. The Hall–Kier alpha value is -1.61. The number of esters is 1. The summed E-state index contributed by atoms with van der Waals surface area (Å²) in [5.41, 5.74) is 5.41. The van der Waals surface area contributed by atoms with E-state index in [1.807, 2.05) is 0 Å². The molecule has 0 aliphatic heterocycles. The lowest BCUT2D eigenvalue weighted by Crippen LogP contribution is -2.38. The minimum Gasteiger partial charge on any atom is -0.466 e. The molecule has 1 aliphatic rings. The second-order valence-corrected chi connectivity index (χ2v) is 6.25. The highest BCUT2D eigenvalue weighted by atomic mass is 16.6. The molecular formula is C15H25N2O4+. The van der Waals surface area contributed by atoms with Gasteiger partial charge >= 0.3 is 12.1 Å². The Bertz CT molecular complexity index is 445. The summed E-state index contributed by atoms with van der Waals surface area (Å²) >= 11 is 0. The van der Waals surface area contributed by atoms with Gasteiger partial charge in [0.1, 0.15) is 11.5 Å². The molecule has 1 unspecified atom stereocenters. The van der Waals surface area contributed by atoms with Gasteiger partial charge < -0.3 is 15.2 Å². The van der Waals surface area contributed by atoms with E-state index in [0.29, 0.717) is 25.9 Å². The number of rotatable bonds is 2. The molecule has 0 aromatic carbocycles. The van der Waals surface area contributed by atoms with Crippen LogP contribution in [0.1, 0.15) is 47.0 Å². The van der Waals surface area contributed by atoms with Gasteiger partial charge in [0.05, 0.1) is 17.4 Å². The van der Waals surface area contributed by atoms with Crippen LogP contribution in [0.2, 0.25) is 0 Å². The zero-order valence-corrected chi connectivity index (χ0v) is 13.2. The van der Waals surface area contributed by atoms with Crippen LogP contribution in [0, 0.1) is 17.9 Å². The highest BCUT2D eigenvalue weighted by molar-refractivity contribution is 5.79. The van der Waals surface area contributed by atoms with E-state index in [-0.39, 0.29) is 23.8 Å². The van der Waals surface area contributed by atoms with Crippen LogP contribution in [0.25, 0.3) is 4.85 Å². The number of amides is 1. The summed E-state index contributed by atoms with van der Waals surface area (Å²) in [6, 6.07) is 2.59. The van der Waals surface area contributed by atoms with Gasteiger partial charge in [0.25, 0.3) is 6.07 Å². The summed E-state index contributed by atoms with van der Waals surface area (Å²) in [6.45, 7) is 7.44. The molecule has 1 rings (SSSR count). The fourth-order valence-corrected chi connectivity index (χ4v) is 2.24. The molecule has 0 aromatic heterocycles. The van der Waals surface area contributed by atoms with Gasteiger partial charge in [-0.25, -0.2) is 0 Å². The molecule has 6 heteroatoms. The van der Waals surface area contributed by atoms with Gasteiger partial charge in [-0.3, -0.25) is 4.79 Å². The second-order valence-electron chi connectivity index (χ2n) is 6.25. The van der Waals surface area contributed by atoms with Crippen molar-refractivity contribution in [3.63, 3.8) is 0 Å². The van der Waals surface area contributed by atoms with E-state index >= 15 is 0 Å². The molecule has 1 amide bonds. The van der Waals surface area contributed by atoms with Crippen LogP contribution in [0.3, 0.4) is 0 Å².